The van der Waals surface area contributed by atoms with Crippen LogP contribution in [-0.2, 0) is 0 Å². The summed E-state index contributed by atoms with van der Waals surface area (Å²) in [5, 5.41) is 3.59. The predicted molar refractivity (Wildman–Crippen MR) is 92.1 cm³/mol. The number of aryl methyl sites for hydroxylation is 2. The maximum absolute atomic E-state index is 5.42. The molecule has 2 nitrogen and oxygen atoms in total. The molecule has 2 aromatic carbocycles. The molecule has 1 N–H and O–H groups in total. The highest BCUT2D eigenvalue weighted by molar-refractivity contribution is 9.10. The van der Waals surface area contributed by atoms with E-state index in [9.17, 15) is 0 Å². The Hall–Kier alpha value is -1.32. The lowest BCUT2D eigenvalue weighted by atomic mass is 9.93. The Balaban J connectivity index is 2.53. The van der Waals surface area contributed by atoms with Gasteiger partial charge in [-0.15, -0.1) is 0 Å². The van der Waals surface area contributed by atoms with Crippen LogP contribution >= 0.6 is 15.9 Å². The summed E-state index contributed by atoms with van der Waals surface area (Å²) in [5.41, 5.74) is 4.95. The number of hydrogen-bond acceptors (Lipinski definition) is 2. The molecule has 0 aliphatic carbocycles. The summed E-state index contributed by atoms with van der Waals surface area (Å²) in [7, 11) is 1.72. The third-order valence-corrected chi connectivity index (χ3v) is 4.44. The molecule has 21 heavy (non-hydrogen) atoms. The maximum atomic E-state index is 5.42. The number of ether oxygens (including phenoxy) is 1. The average molecular weight is 348 g/mol. The second kappa shape index (κ2) is 7.10. The molecule has 0 aliphatic heterocycles. The van der Waals surface area contributed by atoms with Crippen molar-refractivity contribution in [3.8, 4) is 5.75 Å². The monoisotopic (exact) mass is 347 g/mol. The van der Waals surface area contributed by atoms with Crippen molar-refractivity contribution in [1.82, 2.24) is 5.32 Å². The van der Waals surface area contributed by atoms with Gasteiger partial charge < -0.3 is 10.1 Å². The minimum absolute atomic E-state index is 0.176. The van der Waals surface area contributed by atoms with Gasteiger partial charge in [-0.2, -0.15) is 0 Å². The molecule has 112 valence electrons. The fraction of sp³-hybridized carbons (Fsp3) is 0.333. The van der Waals surface area contributed by atoms with Crippen molar-refractivity contribution >= 4 is 15.9 Å². The molecule has 0 aromatic heterocycles. The Morgan fingerprint density at radius 2 is 1.81 bits per heavy atom. The first kappa shape index (κ1) is 16.1. The molecule has 3 heteroatoms. The van der Waals surface area contributed by atoms with E-state index in [1.165, 1.54) is 16.7 Å². The number of rotatable bonds is 5. The smallest absolute Gasteiger partial charge is 0.122 e. The van der Waals surface area contributed by atoms with Gasteiger partial charge in [-0.3, -0.25) is 0 Å². The van der Waals surface area contributed by atoms with Crippen LogP contribution in [0.15, 0.2) is 40.9 Å². The first-order chi connectivity index (χ1) is 10.1. The van der Waals surface area contributed by atoms with Crippen LogP contribution in [0.3, 0.4) is 0 Å². The third-order valence-electron chi connectivity index (χ3n) is 3.72. The van der Waals surface area contributed by atoms with Gasteiger partial charge in [-0.1, -0.05) is 47.1 Å². The van der Waals surface area contributed by atoms with Crippen LogP contribution in [0.4, 0.5) is 0 Å². The van der Waals surface area contributed by atoms with Crippen LogP contribution < -0.4 is 10.1 Å². The number of benzene rings is 2. The quantitative estimate of drug-likeness (QED) is 0.840. The molecular formula is C18H22BrNO. The molecule has 2 rings (SSSR count). The largest absolute Gasteiger partial charge is 0.496 e. The zero-order chi connectivity index (χ0) is 15.4. The van der Waals surface area contributed by atoms with Crippen molar-refractivity contribution in [3.05, 3.63) is 63.1 Å². The van der Waals surface area contributed by atoms with Crippen molar-refractivity contribution in [1.29, 1.82) is 0 Å². The molecule has 0 bridgehead atoms. The summed E-state index contributed by atoms with van der Waals surface area (Å²) >= 11 is 3.67. The summed E-state index contributed by atoms with van der Waals surface area (Å²) < 4.78 is 6.55. The summed E-state index contributed by atoms with van der Waals surface area (Å²) in [6, 6.07) is 12.9. The molecule has 1 unspecified atom stereocenters. The van der Waals surface area contributed by atoms with E-state index in [0.29, 0.717) is 0 Å². The van der Waals surface area contributed by atoms with Crippen LogP contribution in [0.25, 0.3) is 0 Å². The van der Waals surface area contributed by atoms with Gasteiger partial charge in [-0.05, 0) is 54.8 Å². The van der Waals surface area contributed by atoms with Gasteiger partial charge in [0.05, 0.1) is 13.2 Å². The second-order valence-electron chi connectivity index (χ2n) is 5.19. The Labute approximate surface area is 135 Å². The standard InChI is InChI=1S/C18H22BrNO/c1-5-20-18(14-8-6-7-9-16(14)19)15-10-13(3)17(21-4)11-12(15)2/h6-11,18,20H,5H2,1-4H3. The molecule has 0 heterocycles. The van der Waals surface area contributed by atoms with Gasteiger partial charge in [0.15, 0.2) is 0 Å². The van der Waals surface area contributed by atoms with E-state index in [2.05, 4.69) is 72.3 Å². The van der Waals surface area contributed by atoms with Crippen LogP contribution in [-0.4, -0.2) is 13.7 Å². The maximum Gasteiger partial charge on any atom is 0.122 e. The Kier molecular flexibility index (Phi) is 5.43. The molecular weight excluding hydrogens is 326 g/mol. The van der Waals surface area contributed by atoms with Gasteiger partial charge in [0.2, 0.25) is 0 Å². The van der Waals surface area contributed by atoms with E-state index in [4.69, 9.17) is 4.74 Å². The summed E-state index contributed by atoms with van der Waals surface area (Å²) in [5.74, 6) is 0.943. The van der Waals surface area contributed by atoms with E-state index < -0.39 is 0 Å². The molecule has 0 saturated heterocycles. The van der Waals surface area contributed by atoms with Crippen molar-refractivity contribution in [2.45, 2.75) is 26.8 Å². The minimum Gasteiger partial charge on any atom is -0.496 e. The van der Waals surface area contributed by atoms with E-state index in [1.807, 2.05) is 6.07 Å². The highest BCUT2D eigenvalue weighted by Gasteiger charge is 2.18. The highest BCUT2D eigenvalue weighted by atomic mass is 79.9. The molecule has 1 atom stereocenters. The highest BCUT2D eigenvalue weighted by Crippen LogP contribution is 2.33. The molecule has 0 saturated carbocycles. The van der Waals surface area contributed by atoms with Gasteiger partial charge in [-0.25, -0.2) is 0 Å². The van der Waals surface area contributed by atoms with E-state index in [0.717, 1.165) is 22.3 Å². The van der Waals surface area contributed by atoms with Crippen LogP contribution in [0.2, 0.25) is 0 Å². The third kappa shape index (κ3) is 3.47. The van der Waals surface area contributed by atoms with Crippen LogP contribution in [0.1, 0.15) is 35.2 Å². The topological polar surface area (TPSA) is 21.3 Å². The molecule has 0 aliphatic rings. The predicted octanol–water partition coefficient (Wildman–Crippen LogP) is 4.77. The summed E-state index contributed by atoms with van der Waals surface area (Å²) in [6.07, 6.45) is 0. The van der Waals surface area contributed by atoms with E-state index in [1.54, 1.807) is 7.11 Å². The zero-order valence-electron chi connectivity index (χ0n) is 13.0. The minimum atomic E-state index is 0.176. The van der Waals surface area contributed by atoms with E-state index >= 15 is 0 Å². The summed E-state index contributed by atoms with van der Waals surface area (Å²) in [6.45, 7) is 7.27. The fourth-order valence-electron chi connectivity index (χ4n) is 2.64. The van der Waals surface area contributed by atoms with E-state index in [-0.39, 0.29) is 6.04 Å². The van der Waals surface area contributed by atoms with Crippen LogP contribution in [0, 0.1) is 13.8 Å². The number of nitrogens with one attached hydrogen (secondary N) is 1. The van der Waals surface area contributed by atoms with Gasteiger partial charge in [0.25, 0.3) is 0 Å². The first-order valence-electron chi connectivity index (χ1n) is 7.21. The van der Waals surface area contributed by atoms with Crippen LogP contribution in [0.5, 0.6) is 5.75 Å². The lowest BCUT2D eigenvalue weighted by Gasteiger charge is -2.23. The Morgan fingerprint density at radius 3 is 2.43 bits per heavy atom. The molecule has 0 amide bonds. The lowest BCUT2D eigenvalue weighted by molar-refractivity contribution is 0.411. The van der Waals surface area contributed by atoms with Crippen molar-refractivity contribution in [2.75, 3.05) is 13.7 Å². The van der Waals surface area contributed by atoms with Crippen molar-refractivity contribution < 1.29 is 4.74 Å². The summed E-state index contributed by atoms with van der Waals surface area (Å²) in [4.78, 5) is 0. The Morgan fingerprint density at radius 1 is 1.10 bits per heavy atom. The van der Waals surface area contributed by atoms with Crippen molar-refractivity contribution in [3.63, 3.8) is 0 Å². The molecule has 0 radical (unpaired) electrons. The van der Waals surface area contributed by atoms with Gasteiger partial charge >= 0.3 is 0 Å². The number of hydrogen-bond donors (Lipinski definition) is 1. The SMILES string of the molecule is CCNC(c1cc(C)c(OC)cc1C)c1ccccc1Br. The second-order valence-corrected chi connectivity index (χ2v) is 6.04. The zero-order valence-corrected chi connectivity index (χ0v) is 14.6. The normalized spacial score (nSPS) is 12.2. The lowest BCUT2D eigenvalue weighted by Crippen LogP contribution is -2.23. The molecule has 0 spiro atoms. The average Bonchev–Trinajstić information content (AvgIpc) is 2.48. The Bertz CT molecular complexity index is 625. The fourth-order valence-corrected chi connectivity index (χ4v) is 3.16. The molecule has 0 fully saturated rings. The number of methoxy groups -OCH3 is 1. The van der Waals surface area contributed by atoms with Gasteiger partial charge in [0, 0.05) is 4.47 Å². The van der Waals surface area contributed by atoms with Crippen molar-refractivity contribution in [2.24, 2.45) is 0 Å². The van der Waals surface area contributed by atoms with Gasteiger partial charge in [0.1, 0.15) is 5.75 Å². The first-order valence-corrected chi connectivity index (χ1v) is 8.00. The molecule has 2 aromatic rings. The number of halogens is 1.